The number of hydrogen-bond acceptors (Lipinski definition) is 2. The van der Waals surface area contributed by atoms with Gasteiger partial charge in [0.1, 0.15) is 0 Å². The first kappa shape index (κ1) is 14.3. The first-order valence-electron chi connectivity index (χ1n) is 6.75. The maximum Gasteiger partial charge on any atom is 0.248 e. The average Bonchev–Trinajstić information content (AvgIpc) is 2.45. The van der Waals surface area contributed by atoms with Crippen LogP contribution in [0.4, 0.5) is 0 Å². The number of carbonyl (C=O) groups is 1. The predicted molar refractivity (Wildman–Crippen MR) is 81.4 cm³/mol. The van der Waals surface area contributed by atoms with E-state index >= 15 is 0 Å². The van der Waals surface area contributed by atoms with Crippen molar-refractivity contribution in [1.29, 1.82) is 0 Å². The van der Waals surface area contributed by atoms with Gasteiger partial charge in [0.2, 0.25) is 5.91 Å². The fraction of sp³-hybridized carbons (Fsp3) is 0.235. The third kappa shape index (κ3) is 3.45. The highest BCUT2D eigenvalue weighted by Gasteiger charge is 2.07. The van der Waals surface area contributed by atoms with Crippen LogP contribution < -0.4 is 11.1 Å². The van der Waals surface area contributed by atoms with Crippen LogP contribution in [-0.2, 0) is 6.54 Å². The second-order valence-corrected chi connectivity index (χ2v) is 5.02. The van der Waals surface area contributed by atoms with Crippen LogP contribution in [0.5, 0.6) is 0 Å². The van der Waals surface area contributed by atoms with Crippen LogP contribution in [-0.4, -0.2) is 5.91 Å². The lowest BCUT2D eigenvalue weighted by Gasteiger charge is -2.16. The summed E-state index contributed by atoms with van der Waals surface area (Å²) in [4.78, 5) is 11.0. The number of benzene rings is 2. The van der Waals surface area contributed by atoms with Crippen LogP contribution in [0, 0.1) is 6.92 Å². The first-order valence-corrected chi connectivity index (χ1v) is 6.75. The van der Waals surface area contributed by atoms with Crippen molar-refractivity contribution in [2.75, 3.05) is 0 Å². The largest absolute Gasteiger partial charge is 0.366 e. The number of primary amides is 1. The molecule has 3 heteroatoms. The van der Waals surface area contributed by atoms with Gasteiger partial charge in [-0.3, -0.25) is 4.79 Å². The maximum absolute atomic E-state index is 11.0. The zero-order valence-corrected chi connectivity index (χ0v) is 11.9. The van der Waals surface area contributed by atoms with Gasteiger partial charge in [-0.2, -0.15) is 0 Å². The minimum Gasteiger partial charge on any atom is -0.366 e. The normalized spacial score (nSPS) is 12.1. The third-order valence-corrected chi connectivity index (χ3v) is 3.51. The molecule has 3 N–H and O–H groups in total. The van der Waals surface area contributed by atoms with Gasteiger partial charge < -0.3 is 11.1 Å². The number of carbonyl (C=O) groups excluding carboxylic acids is 1. The Bertz CT molecular complexity index is 590. The fourth-order valence-corrected chi connectivity index (χ4v) is 2.24. The topological polar surface area (TPSA) is 55.1 Å². The summed E-state index contributed by atoms with van der Waals surface area (Å²) in [5, 5.41) is 3.49. The van der Waals surface area contributed by atoms with Crippen molar-refractivity contribution in [2.24, 2.45) is 5.73 Å². The Kier molecular flexibility index (Phi) is 4.53. The number of amides is 1. The molecule has 0 saturated carbocycles. The summed E-state index contributed by atoms with van der Waals surface area (Å²) in [5.41, 5.74) is 9.50. The summed E-state index contributed by atoms with van der Waals surface area (Å²) >= 11 is 0. The number of nitrogens with one attached hydrogen (secondary N) is 1. The summed E-state index contributed by atoms with van der Waals surface area (Å²) in [5.74, 6) is -0.391. The standard InChI is InChI=1S/C17H20N2O/c1-12-5-3-4-6-16(12)13(2)19-11-14-7-9-15(10-8-14)17(18)20/h3-10,13,19H,11H2,1-2H3,(H2,18,20). The summed E-state index contributed by atoms with van der Waals surface area (Å²) in [6, 6.07) is 16.0. The molecule has 0 saturated heterocycles. The Morgan fingerprint density at radius 3 is 2.40 bits per heavy atom. The van der Waals surface area contributed by atoms with E-state index < -0.39 is 5.91 Å². The average molecular weight is 268 g/mol. The van der Waals surface area contributed by atoms with E-state index in [2.05, 4.69) is 37.4 Å². The molecule has 0 heterocycles. The van der Waals surface area contributed by atoms with E-state index in [1.165, 1.54) is 11.1 Å². The molecule has 0 spiro atoms. The smallest absolute Gasteiger partial charge is 0.248 e. The van der Waals surface area contributed by atoms with Gasteiger partial charge in [-0.15, -0.1) is 0 Å². The zero-order chi connectivity index (χ0) is 14.5. The second-order valence-electron chi connectivity index (χ2n) is 5.02. The van der Waals surface area contributed by atoms with E-state index in [-0.39, 0.29) is 6.04 Å². The van der Waals surface area contributed by atoms with Crippen molar-refractivity contribution in [1.82, 2.24) is 5.32 Å². The molecule has 0 bridgehead atoms. The van der Waals surface area contributed by atoms with Crippen LogP contribution in [0.3, 0.4) is 0 Å². The molecule has 1 unspecified atom stereocenters. The minimum atomic E-state index is -0.391. The molecule has 1 amide bonds. The summed E-state index contributed by atoms with van der Waals surface area (Å²) in [6.07, 6.45) is 0. The molecule has 3 nitrogen and oxygen atoms in total. The summed E-state index contributed by atoms with van der Waals surface area (Å²) < 4.78 is 0. The lowest BCUT2D eigenvalue weighted by Crippen LogP contribution is -2.19. The Balaban J connectivity index is 1.98. The molecular weight excluding hydrogens is 248 g/mol. The van der Waals surface area contributed by atoms with Gasteiger partial charge in [0.05, 0.1) is 0 Å². The van der Waals surface area contributed by atoms with E-state index in [0.29, 0.717) is 5.56 Å². The van der Waals surface area contributed by atoms with Crippen LogP contribution in [0.15, 0.2) is 48.5 Å². The van der Waals surface area contributed by atoms with E-state index in [1.807, 2.05) is 18.2 Å². The van der Waals surface area contributed by atoms with Crippen molar-refractivity contribution < 1.29 is 4.79 Å². The van der Waals surface area contributed by atoms with Gasteiger partial charge >= 0.3 is 0 Å². The zero-order valence-electron chi connectivity index (χ0n) is 11.9. The molecule has 2 rings (SSSR count). The van der Waals surface area contributed by atoms with Gasteiger partial charge in [-0.25, -0.2) is 0 Å². The van der Waals surface area contributed by atoms with Crippen LogP contribution in [0.2, 0.25) is 0 Å². The van der Waals surface area contributed by atoms with E-state index in [4.69, 9.17) is 5.73 Å². The van der Waals surface area contributed by atoms with E-state index in [0.717, 1.165) is 12.1 Å². The van der Waals surface area contributed by atoms with E-state index in [9.17, 15) is 4.79 Å². The Hall–Kier alpha value is -2.13. The Labute approximate surface area is 119 Å². The van der Waals surface area contributed by atoms with Gasteiger partial charge in [0, 0.05) is 18.2 Å². The molecule has 0 aliphatic carbocycles. The van der Waals surface area contributed by atoms with Gasteiger partial charge in [-0.1, -0.05) is 36.4 Å². The first-order chi connectivity index (χ1) is 9.58. The fourth-order valence-electron chi connectivity index (χ4n) is 2.24. The van der Waals surface area contributed by atoms with Gasteiger partial charge in [-0.05, 0) is 42.7 Å². The van der Waals surface area contributed by atoms with Crippen molar-refractivity contribution in [3.05, 3.63) is 70.8 Å². The highest BCUT2D eigenvalue weighted by Crippen LogP contribution is 2.17. The second kappa shape index (κ2) is 6.35. The van der Waals surface area contributed by atoms with Crippen LogP contribution in [0.25, 0.3) is 0 Å². The quantitative estimate of drug-likeness (QED) is 0.876. The molecule has 2 aromatic carbocycles. The molecule has 0 aliphatic rings. The predicted octanol–water partition coefficient (Wildman–Crippen LogP) is 2.94. The molecule has 0 radical (unpaired) electrons. The van der Waals surface area contributed by atoms with Gasteiger partial charge in [0.15, 0.2) is 0 Å². The molecule has 2 aromatic rings. The lowest BCUT2D eigenvalue weighted by molar-refractivity contribution is 0.100. The molecule has 0 aromatic heterocycles. The molecule has 104 valence electrons. The van der Waals surface area contributed by atoms with Crippen LogP contribution in [0.1, 0.15) is 40.0 Å². The van der Waals surface area contributed by atoms with Crippen LogP contribution >= 0.6 is 0 Å². The monoisotopic (exact) mass is 268 g/mol. The highest BCUT2D eigenvalue weighted by molar-refractivity contribution is 5.92. The minimum absolute atomic E-state index is 0.284. The van der Waals surface area contributed by atoms with Crippen molar-refractivity contribution >= 4 is 5.91 Å². The number of nitrogens with two attached hydrogens (primary N) is 1. The van der Waals surface area contributed by atoms with E-state index in [1.54, 1.807) is 12.1 Å². The number of rotatable bonds is 5. The Morgan fingerprint density at radius 2 is 1.80 bits per heavy atom. The SMILES string of the molecule is Cc1ccccc1C(C)NCc1ccc(C(N)=O)cc1. The maximum atomic E-state index is 11.0. The highest BCUT2D eigenvalue weighted by atomic mass is 16.1. The van der Waals surface area contributed by atoms with Crippen molar-refractivity contribution in [3.63, 3.8) is 0 Å². The molecular formula is C17H20N2O. The summed E-state index contributed by atoms with van der Waals surface area (Å²) in [7, 11) is 0. The van der Waals surface area contributed by atoms with Crippen molar-refractivity contribution in [2.45, 2.75) is 26.4 Å². The van der Waals surface area contributed by atoms with Crippen molar-refractivity contribution in [3.8, 4) is 0 Å². The molecule has 0 aliphatic heterocycles. The Morgan fingerprint density at radius 1 is 1.15 bits per heavy atom. The number of hydrogen-bond donors (Lipinski definition) is 2. The summed E-state index contributed by atoms with van der Waals surface area (Å²) in [6.45, 7) is 5.03. The molecule has 0 fully saturated rings. The third-order valence-electron chi connectivity index (χ3n) is 3.51. The van der Waals surface area contributed by atoms with Gasteiger partial charge in [0.25, 0.3) is 0 Å². The lowest BCUT2D eigenvalue weighted by atomic mass is 10.0. The molecule has 20 heavy (non-hydrogen) atoms. The number of aryl methyl sites for hydroxylation is 1. The molecule has 1 atom stereocenters.